The average molecular weight is 251 g/mol. The minimum absolute atomic E-state index is 0.160. The van der Waals surface area contributed by atoms with E-state index in [-0.39, 0.29) is 12.3 Å². The van der Waals surface area contributed by atoms with E-state index in [0.717, 1.165) is 5.56 Å². The number of hydrogen-bond donors (Lipinski definition) is 2. The van der Waals surface area contributed by atoms with Gasteiger partial charge in [0.2, 0.25) is 5.91 Å². The summed E-state index contributed by atoms with van der Waals surface area (Å²) >= 11 is 0. The van der Waals surface area contributed by atoms with Gasteiger partial charge in [0, 0.05) is 25.6 Å². The topological polar surface area (TPSA) is 75.6 Å². The number of ether oxygens (including phenoxy) is 1. The van der Waals surface area contributed by atoms with Gasteiger partial charge in [0.05, 0.1) is 0 Å². The molecule has 18 heavy (non-hydrogen) atoms. The van der Waals surface area contributed by atoms with Crippen LogP contribution in [0.3, 0.4) is 0 Å². The van der Waals surface area contributed by atoms with Crippen molar-refractivity contribution in [3.8, 4) is 0 Å². The quantitative estimate of drug-likeness (QED) is 0.806. The molecule has 1 unspecified atom stereocenters. The second-order valence-electron chi connectivity index (χ2n) is 3.87. The summed E-state index contributed by atoms with van der Waals surface area (Å²) in [5, 5.41) is 11.6. The molecule has 0 bridgehead atoms. The zero-order chi connectivity index (χ0) is 13.5. The molecule has 1 aromatic rings. The summed E-state index contributed by atoms with van der Waals surface area (Å²) < 4.78 is 5.14. The number of nitrogens with one attached hydrogen (secondary N) is 1. The molecule has 0 aliphatic carbocycles. The van der Waals surface area contributed by atoms with Crippen LogP contribution < -0.4 is 5.32 Å². The number of benzene rings is 1. The van der Waals surface area contributed by atoms with Gasteiger partial charge in [-0.25, -0.2) is 4.79 Å². The number of carboxylic acids is 1. The monoisotopic (exact) mass is 251 g/mol. The van der Waals surface area contributed by atoms with E-state index < -0.39 is 12.1 Å². The third kappa shape index (κ3) is 4.55. The number of anilines is 1. The van der Waals surface area contributed by atoms with Crippen LogP contribution in [0.15, 0.2) is 24.3 Å². The zero-order valence-electron chi connectivity index (χ0n) is 10.5. The number of hydrogen-bond acceptors (Lipinski definition) is 3. The maximum atomic E-state index is 11.0. The molecule has 98 valence electrons. The lowest BCUT2D eigenvalue weighted by atomic mass is 10.1. The number of carbonyl (C=O) groups is 2. The lowest BCUT2D eigenvalue weighted by Gasteiger charge is -2.13. The Labute approximate surface area is 106 Å². The summed E-state index contributed by atoms with van der Waals surface area (Å²) in [5.74, 6) is -1.14. The van der Waals surface area contributed by atoms with E-state index in [1.54, 1.807) is 31.2 Å². The standard InChI is InChI=1S/C13H17NO4/c1-3-18-12(13(16)17)8-10-5-4-6-11(7-10)14-9(2)15/h4-7,12H,3,8H2,1-2H3,(H,14,15)(H,16,17). The van der Waals surface area contributed by atoms with Crippen molar-refractivity contribution < 1.29 is 19.4 Å². The van der Waals surface area contributed by atoms with Crippen molar-refractivity contribution in [2.24, 2.45) is 0 Å². The van der Waals surface area contributed by atoms with E-state index in [9.17, 15) is 9.59 Å². The highest BCUT2D eigenvalue weighted by atomic mass is 16.5. The Balaban J connectivity index is 2.76. The Bertz CT molecular complexity index is 431. The SMILES string of the molecule is CCOC(Cc1cccc(NC(C)=O)c1)C(=O)O. The molecule has 1 atom stereocenters. The molecule has 0 aromatic heterocycles. The maximum Gasteiger partial charge on any atom is 0.333 e. The first-order valence-corrected chi connectivity index (χ1v) is 5.74. The maximum absolute atomic E-state index is 11.0. The highest BCUT2D eigenvalue weighted by Crippen LogP contribution is 2.13. The third-order valence-electron chi connectivity index (χ3n) is 2.31. The molecule has 1 aromatic carbocycles. The van der Waals surface area contributed by atoms with Gasteiger partial charge in [0.15, 0.2) is 6.10 Å². The Morgan fingerprint density at radius 3 is 2.72 bits per heavy atom. The molecule has 1 rings (SSSR count). The molecule has 0 saturated carbocycles. The van der Waals surface area contributed by atoms with Crippen molar-refractivity contribution in [3.05, 3.63) is 29.8 Å². The molecule has 2 N–H and O–H groups in total. The van der Waals surface area contributed by atoms with Crippen molar-refractivity contribution >= 4 is 17.6 Å². The molecule has 0 radical (unpaired) electrons. The molecule has 5 heteroatoms. The molecule has 0 aliphatic rings. The minimum Gasteiger partial charge on any atom is -0.479 e. The van der Waals surface area contributed by atoms with Crippen LogP contribution in [0, 0.1) is 0 Å². The number of carboxylic acid groups (broad SMARTS) is 1. The fourth-order valence-electron chi connectivity index (χ4n) is 1.61. The van der Waals surface area contributed by atoms with E-state index in [2.05, 4.69) is 5.32 Å². The molecular weight excluding hydrogens is 234 g/mol. The first-order valence-electron chi connectivity index (χ1n) is 5.74. The number of aliphatic carboxylic acids is 1. The number of carbonyl (C=O) groups excluding carboxylic acids is 1. The summed E-state index contributed by atoms with van der Waals surface area (Å²) in [6.07, 6.45) is -0.584. The Hall–Kier alpha value is -1.88. The normalized spacial score (nSPS) is 11.9. The van der Waals surface area contributed by atoms with Crippen molar-refractivity contribution in [1.29, 1.82) is 0 Å². The molecule has 0 aliphatic heterocycles. The van der Waals surface area contributed by atoms with Crippen LogP contribution >= 0.6 is 0 Å². The van der Waals surface area contributed by atoms with Crippen LogP contribution in [0.25, 0.3) is 0 Å². The van der Waals surface area contributed by atoms with Gasteiger partial charge in [-0.3, -0.25) is 4.79 Å². The second kappa shape index (κ2) is 6.76. The molecule has 5 nitrogen and oxygen atoms in total. The van der Waals surface area contributed by atoms with Gasteiger partial charge in [-0.1, -0.05) is 12.1 Å². The van der Waals surface area contributed by atoms with Crippen LogP contribution in [0.2, 0.25) is 0 Å². The van der Waals surface area contributed by atoms with E-state index >= 15 is 0 Å². The fourth-order valence-corrected chi connectivity index (χ4v) is 1.61. The molecule has 0 spiro atoms. The Kier molecular flexibility index (Phi) is 5.32. The van der Waals surface area contributed by atoms with Crippen LogP contribution in [0.5, 0.6) is 0 Å². The van der Waals surface area contributed by atoms with Gasteiger partial charge in [-0.15, -0.1) is 0 Å². The first-order chi connectivity index (χ1) is 8.52. The Morgan fingerprint density at radius 2 is 2.17 bits per heavy atom. The van der Waals surface area contributed by atoms with Gasteiger partial charge >= 0.3 is 5.97 Å². The first kappa shape index (κ1) is 14.2. The van der Waals surface area contributed by atoms with E-state index in [1.165, 1.54) is 6.92 Å². The summed E-state index contributed by atoms with van der Waals surface area (Å²) in [6, 6.07) is 7.07. The zero-order valence-corrected chi connectivity index (χ0v) is 10.5. The summed E-state index contributed by atoms with van der Waals surface area (Å²) in [6.45, 7) is 3.53. The molecule has 0 fully saturated rings. The largest absolute Gasteiger partial charge is 0.479 e. The van der Waals surface area contributed by atoms with Crippen LogP contribution in [0.4, 0.5) is 5.69 Å². The molecule has 1 amide bonds. The van der Waals surface area contributed by atoms with Crippen molar-refractivity contribution in [2.45, 2.75) is 26.4 Å². The fraction of sp³-hybridized carbons (Fsp3) is 0.385. The number of rotatable bonds is 6. The highest BCUT2D eigenvalue weighted by Gasteiger charge is 2.17. The molecular formula is C13H17NO4. The molecule has 0 heterocycles. The third-order valence-corrected chi connectivity index (χ3v) is 2.31. The summed E-state index contributed by atoms with van der Waals surface area (Å²) in [4.78, 5) is 21.9. The number of amides is 1. The van der Waals surface area contributed by atoms with Crippen molar-refractivity contribution in [2.75, 3.05) is 11.9 Å². The predicted molar refractivity (Wildman–Crippen MR) is 67.5 cm³/mol. The summed E-state index contributed by atoms with van der Waals surface area (Å²) in [7, 11) is 0. The second-order valence-corrected chi connectivity index (χ2v) is 3.87. The van der Waals surface area contributed by atoms with Gasteiger partial charge in [-0.05, 0) is 24.6 Å². The smallest absolute Gasteiger partial charge is 0.333 e. The van der Waals surface area contributed by atoms with E-state index in [4.69, 9.17) is 9.84 Å². The van der Waals surface area contributed by atoms with Crippen molar-refractivity contribution in [3.63, 3.8) is 0 Å². The summed E-state index contributed by atoms with van der Waals surface area (Å²) in [5.41, 5.74) is 1.46. The predicted octanol–water partition coefficient (Wildman–Crippen LogP) is 1.68. The van der Waals surface area contributed by atoms with Crippen LogP contribution in [-0.4, -0.2) is 29.7 Å². The minimum atomic E-state index is -0.984. The Morgan fingerprint density at radius 1 is 1.44 bits per heavy atom. The van der Waals surface area contributed by atoms with E-state index in [0.29, 0.717) is 12.3 Å². The van der Waals surface area contributed by atoms with Gasteiger partial charge < -0.3 is 15.2 Å². The van der Waals surface area contributed by atoms with Crippen molar-refractivity contribution in [1.82, 2.24) is 0 Å². The van der Waals surface area contributed by atoms with Crippen LogP contribution in [0.1, 0.15) is 19.4 Å². The van der Waals surface area contributed by atoms with Crippen LogP contribution in [-0.2, 0) is 20.7 Å². The van der Waals surface area contributed by atoms with Gasteiger partial charge in [0.1, 0.15) is 0 Å². The lowest BCUT2D eigenvalue weighted by molar-refractivity contribution is -0.149. The highest BCUT2D eigenvalue weighted by molar-refractivity contribution is 5.88. The molecule has 0 saturated heterocycles. The van der Waals surface area contributed by atoms with Gasteiger partial charge in [0.25, 0.3) is 0 Å². The lowest BCUT2D eigenvalue weighted by Crippen LogP contribution is -2.26. The van der Waals surface area contributed by atoms with Gasteiger partial charge in [-0.2, -0.15) is 0 Å². The van der Waals surface area contributed by atoms with E-state index in [1.807, 2.05) is 0 Å². The average Bonchev–Trinajstić information content (AvgIpc) is 2.28.